The minimum atomic E-state index is 0.0640. The predicted octanol–water partition coefficient (Wildman–Crippen LogP) is 4.00. The number of hydrogen-bond donors (Lipinski definition) is 1. The van der Waals surface area contributed by atoms with Gasteiger partial charge in [0.15, 0.2) is 0 Å². The average Bonchev–Trinajstić information content (AvgIpc) is 3.14. The molecule has 24 heavy (non-hydrogen) atoms. The SMILES string of the molecule is CCCn1cc(-c2ccnc(N[C@H](C)c3csc(C)n3)n2)c(C)n1. The van der Waals surface area contributed by atoms with Gasteiger partial charge in [-0.1, -0.05) is 6.92 Å². The highest BCUT2D eigenvalue weighted by Gasteiger charge is 2.13. The van der Waals surface area contributed by atoms with Crippen LogP contribution >= 0.6 is 11.3 Å². The largest absolute Gasteiger partial charge is 0.346 e. The van der Waals surface area contributed by atoms with E-state index < -0.39 is 0 Å². The Hall–Kier alpha value is -2.28. The number of nitrogens with one attached hydrogen (secondary N) is 1. The molecule has 3 heterocycles. The van der Waals surface area contributed by atoms with Crippen LogP contribution < -0.4 is 5.32 Å². The lowest BCUT2D eigenvalue weighted by molar-refractivity contribution is 0.598. The fraction of sp³-hybridized carbons (Fsp3) is 0.412. The normalized spacial score (nSPS) is 12.3. The summed E-state index contributed by atoms with van der Waals surface area (Å²) in [5, 5.41) is 11.0. The topological polar surface area (TPSA) is 68.5 Å². The first-order chi connectivity index (χ1) is 11.6. The van der Waals surface area contributed by atoms with Gasteiger partial charge in [-0.25, -0.2) is 15.0 Å². The summed E-state index contributed by atoms with van der Waals surface area (Å²) in [7, 11) is 0. The fourth-order valence-corrected chi connectivity index (χ4v) is 3.24. The number of hydrogen-bond acceptors (Lipinski definition) is 6. The van der Waals surface area contributed by atoms with E-state index in [2.05, 4.69) is 50.8 Å². The Morgan fingerprint density at radius 2 is 2.12 bits per heavy atom. The van der Waals surface area contributed by atoms with Crippen LogP contribution in [-0.4, -0.2) is 24.7 Å². The molecule has 0 saturated heterocycles. The van der Waals surface area contributed by atoms with Gasteiger partial charge < -0.3 is 5.32 Å². The van der Waals surface area contributed by atoms with Gasteiger partial charge in [-0.2, -0.15) is 5.10 Å². The quantitative estimate of drug-likeness (QED) is 0.733. The summed E-state index contributed by atoms with van der Waals surface area (Å²) in [6.45, 7) is 9.14. The standard InChI is InChI=1S/C17H22N6S/c1-5-8-23-9-14(11(2)22-23)15-6-7-18-17(21-15)19-12(3)16-10-24-13(4)20-16/h6-7,9-10,12H,5,8H2,1-4H3,(H,18,19,21)/t12-/m1/s1. The summed E-state index contributed by atoms with van der Waals surface area (Å²) in [5.41, 5.74) is 3.93. The summed E-state index contributed by atoms with van der Waals surface area (Å²) in [6.07, 6.45) is 4.89. The Morgan fingerprint density at radius 3 is 2.83 bits per heavy atom. The van der Waals surface area contributed by atoms with Gasteiger partial charge in [-0.15, -0.1) is 11.3 Å². The molecule has 0 saturated carbocycles. The number of nitrogens with zero attached hydrogens (tertiary/aromatic N) is 5. The van der Waals surface area contributed by atoms with Gasteiger partial charge in [0.1, 0.15) is 0 Å². The smallest absolute Gasteiger partial charge is 0.223 e. The third-order valence-electron chi connectivity index (χ3n) is 3.76. The highest BCUT2D eigenvalue weighted by Crippen LogP contribution is 2.23. The molecule has 0 bridgehead atoms. The Labute approximate surface area is 146 Å². The zero-order chi connectivity index (χ0) is 17.1. The molecule has 7 heteroatoms. The van der Waals surface area contributed by atoms with Crippen LogP contribution in [0.2, 0.25) is 0 Å². The molecule has 0 unspecified atom stereocenters. The third-order valence-corrected chi connectivity index (χ3v) is 4.55. The van der Waals surface area contributed by atoms with E-state index in [0.717, 1.165) is 40.6 Å². The molecule has 0 aliphatic carbocycles. The number of rotatable bonds is 6. The fourth-order valence-electron chi connectivity index (χ4n) is 2.54. The van der Waals surface area contributed by atoms with Crippen LogP contribution in [0.3, 0.4) is 0 Å². The van der Waals surface area contributed by atoms with E-state index in [0.29, 0.717) is 5.95 Å². The van der Waals surface area contributed by atoms with Crippen molar-refractivity contribution in [3.05, 3.63) is 40.2 Å². The summed E-state index contributed by atoms with van der Waals surface area (Å²) in [5.74, 6) is 0.605. The molecule has 6 nitrogen and oxygen atoms in total. The van der Waals surface area contributed by atoms with Crippen molar-refractivity contribution in [1.82, 2.24) is 24.7 Å². The lowest BCUT2D eigenvalue weighted by Gasteiger charge is -2.11. The number of thiazole rings is 1. The Morgan fingerprint density at radius 1 is 1.29 bits per heavy atom. The van der Waals surface area contributed by atoms with Crippen LogP contribution in [0.15, 0.2) is 23.8 Å². The molecule has 0 aliphatic rings. The maximum Gasteiger partial charge on any atom is 0.223 e. The summed E-state index contributed by atoms with van der Waals surface area (Å²) >= 11 is 1.65. The van der Waals surface area contributed by atoms with Crippen LogP contribution in [0, 0.1) is 13.8 Å². The third kappa shape index (κ3) is 3.62. The van der Waals surface area contributed by atoms with E-state index in [1.165, 1.54) is 0 Å². The van der Waals surface area contributed by atoms with Crippen molar-refractivity contribution in [2.24, 2.45) is 0 Å². The minimum absolute atomic E-state index is 0.0640. The van der Waals surface area contributed by atoms with Gasteiger partial charge in [-0.05, 0) is 33.3 Å². The second kappa shape index (κ2) is 7.09. The Balaban J connectivity index is 1.81. The van der Waals surface area contributed by atoms with Crippen LogP contribution in [0.5, 0.6) is 0 Å². The monoisotopic (exact) mass is 342 g/mol. The van der Waals surface area contributed by atoms with Gasteiger partial charge in [0.2, 0.25) is 5.95 Å². The first-order valence-corrected chi connectivity index (χ1v) is 9.00. The Bertz CT molecular complexity index is 822. The number of aryl methyl sites for hydroxylation is 3. The minimum Gasteiger partial charge on any atom is -0.346 e. The molecule has 0 aliphatic heterocycles. The van der Waals surface area contributed by atoms with Gasteiger partial charge in [0, 0.05) is 29.9 Å². The van der Waals surface area contributed by atoms with Crippen molar-refractivity contribution in [1.29, 1.82) is 0 Å². The average molecular weight is 342 g/mol. The van der Waals surface area contributed by atoms with Crippen LogP contribution in [0.25, 0.3) is 11.3 Å². The number of aromatic nitrogens is 5. The molecule has 1 atom stereocenters. The highest BCUT2D eigenvalue weighted by atomic mass is 32.1. The van der Waals surface area contributed by atoms with Crippen molar-refractivity contribution in [3.63, 3.8) is 0 Å². The maximum atomic E-state index is 4.65. The molecule has 0 radical (unpaired) electrons. The van der Waals surface area contributed by atoms with Crippen molar-refractivity contribution < 1.29 is 0 Å². The maximum absolute atomic E-state index is 4.65. The van der Waals surface area contributed by atoms with E-state index in [1.807, 2.05) is 24.6 Å². The summed E-state index contributed by atoms with van der Waals surface area (Å²) < 4.78 is 1.97. The van der Waals surface area contributed by atoms with Gasteiger partial charge >= 0.3 is 0 Å². The summed E-state index contributed by atoms with van der Waals surface area (Å²) in [4.78, 5) is 13.5. The molecule has 3 rings (SSSR count). The van der Waals surface area contributed by atoms with E-state index in [-0.39, 0.29) is 6.04 Å². The van der Waals surface area contributed by atoms with Crippen LogP contribution in [0.1, 0.15) is 42.7 Å². The van der Waals surface area contributed by atoms with Crippen LogP contribution in [-0.2, 0) is 6.54 Å². The zero-order valence-corrected chi connectivity index (χ0v) is 15.3. The molecule has 3 aromatic heterocycles. The molecule has 1 N–H and O–H groups in total. The van der Waals surface area contributed by atoms with Gasteiger partial charge in [-0.3, -0.25) is 4.68 Å². The first-order valence-electron chi connectivity index (χ1n) is 8.13. The summed E-state index contributed by atoms with van der Waals surface area (Å²) in [6, 6.07) is 1.98. The lowest BCUT2D eigenvalue weighted by Crippen LogP contribution is -2.10. The second-order valence-corrected chi connectivity index (χ2v) is 6.88. The molecule has 0 aromatic carbocycles. The second-order valence-electron chi connectivity index (χ2n) is 5.81. The van der Waals surface area contributed by atoms with E-state index in [9.17, 15) is 0 Å². The van der Waals surface area contributed by atoms with Crippen molar-refractivity contribution in [3.8, 4) is 11.3 Å². The predicted molar refractivity (Wildman–Crippen MR) is 97.2 cm³/mol. The molecule has 126 valence electrons. The molecular weight excluding hydrogens is 320 g/mol. The van der Waals surface area contributed by atoms with E-state index in [4.69, 9.17) is 0 Å². The molecule has 0 fully saturated rings. The van der Waals surface area contributed by atoms with E-state index in [1.54, 1.807) is 17.5 Å². The zero-order valence-electron chi connectivity index (χ0n) is 14.4. The molecular formula is C17H22N6S. The molecule has 0 amide bonds. The Kier molecular flexibility index (Phi) is 4.89. The molecule has 0 spiro atoms. The van der Waals surface area contributed by atoms with Crippen LogP contribution in [0.4, 0.5) is 5.95 Å². The lowest BCUT2D eigenvalue weighted by atomic mass is 10.2. The van der Waals surface area contributed by atoms with Crippen molar-refractivity contribution in [2.45, 2.75) is 46.7 Å². The first kappa shape index (κ1) is 16.6. The molecule has 3 aromatic rings. The van der Waals surface area contributed by atoms with Crippen molar-refractivity contribution in [2.75, 3.05) is 5.32 Å². The van der Waals surface area contributed by atoms with E-state index >= 15 is 0 Å². The van der Waals surface area contributed by atoms with Gasteiger partial charge in [0.05, 0.1) is 28.1 Å². The van der Waals surface area contributed by atoms with Crippen molar-refractivity contribution >= 4 is 17.3 Å². The highest BCUT2D eigenvalue weighted by molar-refractivity contribution is 7.09. The van der Waals surface area contributed by atoms with Gasteiger partial charge in [0.25, 0.3) is 0 Å². The number of anilines is 1.